The molecule has 0 radical (unpaired) electrons. The molecule has 0 saturated carbocycles. The van der Waals surface area contributed by atoms with Gasteiger partial charge in [-0.25, -0.2) is 9.97 Å². The summed E-state index contributed by atoms with van der Waals surface area (Å²) in [5, 5.41) is 29.0. The molecular formula is C88H87N4O4PtS2-. The van der Waals surface area contributed by atoms with Crippen LogP contribution in [-0.4, -0.2) is 32.6 Å². The topological polar surface area (TPSA) is 117 Å². The van der Waals surface area contributed by atoms with Crippen LogP contribution in [0.5, 0.6) is 11.5 Å². The van der Waals surface area contributed by atoms with E-state index in [2.05, 4.69) is 234 Å². The molecule has 0 aliphatic rings. The zero-order chi connectivity index (χ0) is 69.8. The van der Waals surface area contributed by atoms with Gasteiger partial charge in [0.15, 0.2) is 0 Å². The van der Waals surface area contributed by atoms with E-state index in [4.69, 9.17) is 28.8 Å². The van der Waals surface area contributed by atoms with Crippen molar-refractivity contribution < 1.29 is 40.1 Å². The zero-order valence-corrected chi connectivity index (χ0v) is 63.9. The third-order valence-corrected chi connectivity index (χ3v) is 20.7. The number of fused-ring (bicyclic) bond motifs is 8. The van der Waals surface area contributed by atoms with E-state index in [-0.39, 0.29) is 65.1 Å². The second kappa shape index (κ2) is 26.1. The van der Waals surface area contributed by atoms with Crippen molar-refractivity contribution in [3.05, 3.63) is 226 Å². The molecule has 0 saturated heterocycles. The maximum atomic E-state index is 11.4. The Morgan fingerprint density at radius 2 is 0.768 bits per heavy atom. The van der Waals surface area contributed by atoms with Crippen LogP contribution >= 0.6 is 22.7 Å². The average Bonchev–Trinajstić information content (AvgIpc) is 1.60. The number of aliphatic imine (C=N–C) groups is 2. The molecule has 4 aromatic heterocycles. The minimum Gasteiger partial charge on any atom is -0.507 e. The number of phenolic OH excluding ortho intramolecular Hbond substituents is 2. The van der Waals surface area contributed by atoms with Crippen molar-refractivity contribution in [2.45, 2.75) is 157 Å². The smallest absolute Gasteiger partial charge is 0.143 e. The molecule has 10 aromatic carbocycles. The van der Waals surface area contributed by atoms with Gasteiger partial charge in [0.05, 0.1) is 27.2 Å². The molecule has 8 nitrogen and oxygen atoms in total. The van der Waals surface area contributed by atoms with E-state index in [1.54, 1.807) is 35.1 Å². The Morgan fingerprint density at radius 3 is 1.23 bits per heavy atom. The van der Waals surface area contributed by atoms with Crippen molar-refractivity contribution in [3.8, 4) is 54.9 Å². The van der Waals surface area contributed by atoms with Gasteiger partial charge in [0, 0.05) is 104 Å². The van der Waals surface area contributed by atoms with E-state index in [1.807, 2.05) is 72.8 Å². The summed E-state index contributed by atoms with van der Waals surface area (Å²) >= 11 is 3.36. The average molecular weight is 1520 g/mol. The summed E-state index contributed by atoms with van der Waals surface area (Å²) < 4.78 is 15.2. The van der Waals surface area contributed by atoms with Crippen molar-refractivity contribution >= 4 is 111 Å². The molecule has 0 amide bonds. The Morgan fingerprint density at radius 1 is 0.384 bits per heavy atom. The predicted octanol–water partition coefficient (Wildman–Crippen LogP) is 25.6. The fraction of sp³-hybridized carbons (Fsp3) is 0.273. The molecule has 0 aliphatic carbocycles. The molecule has 0 spiro atoms. The van der Waals surface area contributed by atoms with Gasteiger partial charge in [0.25, 0.3) is 0 Å². The van der Waals surface area contributed by atoms with Crippen molar-refractivity contribution in [1.29, 1.82) is 0 Å². The third kappa shape index (κ3) is 13.9. The van der Waals surface area contributed by atoms with Crippen LogP contribution < -0.4 is 0 Å². The van der Waals surface area contributed by atoms with E-state index in [0.717, 1.165) is 141 Å². The second-order valence-corrected chi connectivity index (χ2v) is 34.3. The summed E-state index contributed by atoms with van der Waals surface area (Å²) in [4.78, 5) is 20.6. The monoisotopic (exact) mass is 1520 g/mol. The molecule has 0 bridgehead atoms. The molecule has 11 heteroatoms. The van der Waals surface area contributed by atoms with Gasteiger partial charge in [-0.3, -0.25) is 9.98 Å². The molecule has 0 aliphatic heterocycles. The number of thiazole rings is 2. The first-order chi connectivity index (χ1) is 46.2. The van der Waals surface area contributed by atoms with E-state index >= 15 is 0 Å². The number of aromatic nitrogens is 2. The van der Waals surface area contributed by atoms with E-state index in [1.165, 1.54) is 11.1 Å². The third-order valence-electron chi connectivity index (χ3n) is 18.6. The minimum absolute atomic E-state index is 0. The van der Waals surface area contributed by atoms with Gasteiger partial charge in [-0.05, 0) is 121 Å². The van der Waals surface area contributed by atoms with Crippen LogP contribution in [0.25, 0.3) is 108 Å². The summed E-state index contributed by atoms with van der Waals surface area (Å²) in [6, 6.07) is 64.1. The second-order valence-electron chi connectivity index (χ2n) is 32.2. The molecule has 14 rings (SSSR count). The summed E-state index contributed by atoms with van der Waals surface area (Å²) in [5.74, 6) is 0.554. The van der Waals surface area contributed by atoms with Crippen LogP contribution in [0.15, 0.2) is 195 Å². The number of rotatable bonds is 8. The number of aromatic hydroxyl groups is 2. The van der Waals surface area contributed by atoms with Crippen LogP contribution in [0.2, 0.25) is 0 Å². The van der Waals surface area contributed by atoms with Crippen LogP contribution in [0.3, 0.4) is 0 Å². The number of hydrogen-bond acceptors (Lipinski definition) is 10. The Kier molecular flexibility index (Phi) is 18.4. The molecule has 0 atom stereocenters. The normalized spacial score (nSPS) is 12.9. The van der Waals surface area contributed by atoms with Crippen LogP contribution in [0.4, 0.5) is 11.4 Å². The van der Waals surface area contributed by atoms with Gasteiger partial charge in [0.1, 0.15) is 38.3 Å². The van der Waals surface area contributed by atoms with E-state index < -0.39 is 0 Å². The molecule has 4 heterocycles. The molecule has 99 heavy (non-hydrogen) atoms. The summed E-state index contributed by atoms with van der Waals surface area (Å²) in [7, 11) is 0. The first-order valence-electron chi connectivity index (χ1n) is 33.8. The van der Waals surface area contributed by atoms with Gasteiger partial charge in [0.2, 0.25) is 0 Å². The zero-order valence-electron chi connectivity index (χ0n) is 60.0. The number of para-hydroxylation sites is 5. The van der Waals surface area contributed by atoms with Gasteiger partial charge >= 0.3 is 0 Å². The first-order valence-corrected chi connectivity index (χ1v) is 35.5. The van der Waals surface area contributed by atoms with Crippen molar-refractivity contribution in [2.75, 3.05) is 0 Å². The molecule has 14 aromatic rings. The Labute approximate surface area is 604 Å². The van der Waals surface area contributed by atoms with Gasteiger partial charge in [-0.15, -0.1) is 40.9 Å². The molecule has 2 N–H and O–H groups in total. The summed E-state index contributed by atoms with van der Waals surface area (Å²) in [6.07, 6.45) is 3.60. The predicted molar refractivity (Wildman–Crippen MR) is 417 cm³/mol. The Hall–Kier alpha value is -8.79. The number of phenols is 2. The summed E-state index contributed by atoms with van der Waals surface area (Å²) in [5.41, 5.74) is 20.1. The molecule has 0 unspecified atom stereocenters. The van der Waals surface area contributed by atoms with Crippen molar-refractivity contribution in [2.24, 2.45) is 9.98 Å². The Bertz CT molecular complexity index is 5160. The largest absolute Gasteiger partial charge is 0.507 e. The van der Waals surface area contributed by atoms with E-state index in [0.29, 0.717) is 11.1 Å². The SMILES string of the molecule is CC(C)(C)c1cc(C=Nc2ccccc2-c2nc3c(-c4[c-]ccc5c4oc4ccccc45)cc(C(C)(C)C)cc3s2)c(O)c(C(C)(C)C)c1.CC(C)(C)c1cc(C=Nc2ccccc2-c2nc3c(-c4cccc5c4oc4ccccc45)cc(C(C)(C)C)cc3s2)c(O)c(C(C)(C)C)c1.[Pt]. The number of hydrogen-bond donors (Lipinski definition) is 2. The minimum atomic E-state index is -0.222. The summed E-state index contributed by atoms with van der Waals surface area (Å²) in [6.45, 7) is 39.4. The van der Waals surface area contributed by atoms with Gasteiger partial charge in [-0.2, -0.15) is 0 Å². The maximum Gasteiger partial charge on any atom is 0.143 e. The number of benzene rings is 10. The van der Waals surface area contributed by atoms with Crippen LogP contribution in [0, 0.1) is 6.07 Å². The number of furan rings is 2. The molecule has 506 valence electrons. The quantitative estimate of drug-likeness (QED) is 0.116. The first kappa shape index (κ1) is 70.1. The van der Waals surface area contributed by atoms with Gasteiger partial charge in [-0.1, -0.05) is 238 Å². The van der Waals surface area contributed by atoms with Crippen LogP contribution in [-0.2, 0) is 53.6 Å². The van der Waals surface area contributed by atoms with Gasteiger partial charge < -0.3 is 19.0 Å². The maximum absolute atomic E-state index is 11.4. The molecular weight excluding hydrogens is 1440 g/mol. The Balaban J connectivity index is 0.000000186. The van der Waals surface area contributed by atoms with Crippen molar-refractivity contribution in [1.82, 2.24) is 9.97 Å². The fourth-order valence-corrected chi connectivity index (χ4v) is 14.9. The standard InChI is InChI=1S/C44H44N2O2S.C44H43N2O2S.Pt/c2*1-42(2,3)27-21-26(39(47)34(23-27)44(7,8)9)25-45-35-19-12-10-16-32(35)41-46-38-33(22-28(43(4,5)6)24-37(38)49-41)31-18-14-17-30-29-15-11-13-20-36(29)48-40(30)31;/h10-25,47H,1-9H3;10-17,19-25,47H,1-9H3;/q;-1;. The number of nitrogens with zero attached hydrogens (tertiary/aromatic N) is 4. The fourth-order valence-electron chi connectivity index (χ4n) is 12.7. The molecule has 0 fully saturated rings. The van der Waals surface area contributed by atoms with Crippen molar-refractivity contribution in [3.63, 3.8) is 0 Å². The van der Waals surface area contributed by atoms with E-state index in [9.17, 15) is 10.2 Å². The van der Waals surface area contributed by atoms with Crippen LogP contribution in [0.1, 0.15) is 169 Å².